The number of rotatable bonds is 5. The van der Waals surface area contributed by atoms with Crippen LogP contribution in [0, 0.1) is 0 Å². The van der Waals surface area contributed by atoms with Crippen molar-refractivity contribution < 1.29 is 0 Å². The summed E-state index contributed by atoms with van der Waals surface area (Å²) < 4.78 is 2.18. The van der Waals surface area contributed by atoms with Gasteiger partial charge in [-0.1, -0.05) is 37.3 Å². The van der Waals surface area contributed by atoms with Gasteiger partial charge in [0.1, 0.15) is 0 Å². The predicted molar refractivity (Wildman–Crippen MR) is 66.2 cm³/mol. The number of benzene rings is 1. The van der Waals surface area contributed by atoms with Gasteiger partial charge in [-0.2, -0.15) is 0 Å². The van der Waals surface area contributed by atoms with Crippen molar-refractivity contribution in [2.45, 2.75) is 13.5 Å². The van der Waals surface area contributed by atoms with Crippen LogP contribution in [0.2, 0.25) is 0 Å². The molecular weight excluding hydrogens is 198 g/mol. The Morgan fingerprint density at radius 3 is 2.81 bits per heavy atom. The van der Waals surface area contributed by atoms with E-state index in [-0.39, 0.29) is 0 Å². The number of likely N-dealkylation sites (N-methyl/N-ethyl adjacent to an activating group) is 1. The van der Waals surface area contributed by atoms with Crippen molar-refractivity contribution in [3.05, 3.63) is 42.9 Å². The molecule has 0 aliphatic heterocycles. The summed E-state index contributed by atoms with van der Waals surface area (Å²) in [5, 5.41) is 3.32. The molecule has 1 N–H and O–H groups in total. The number of aromatic nitrogens is 2. The van der Waals surface area contributed by atoms with Crippen LogP contribution in [0.25, 0.3) is 11.3 Å². The van der Waals surface area contributed by atoms with E-state index in [0.29, 0.717) is 0 Å². The van der Waals surface area contributed by atoms with Crippen LogP contribution in [0.4, 0.5) is 0 Å². The molecule has 0 radical (unpaired) electrons. The maximum atomic E-state index is 4.21. The predicted octanol–water partition coefficient (Wildman–Crippen LogP) is 2.16. The Morgan fingerprint density at radius 2 is 2.06 bits per heavy atom. The number of hydrogen-bond acceptors (Lipinski definition) is 2. The summed E-state index contributed by atoms with van der Waals surface area (Å²) in [7, 11) is 0. The van der Waals surface area contributed by atoms with Crippen LogP contribution in [0.3, 0.4) is 0 Å². The number of nitrogens with one attached hydrogen (secondary N) is 1. The maximum Gasteiger partial charge on any atom is 0.0951 e. The average Bonchev–Trinajstić information content (AvgIpc) is 2.79. The lowest BCUT2D eigenvalue weighted by molar-refractivity contribution is 0.616. The zero-order valence-corrected chi connectivity index (χ0v) is 9.56. The lowest BCUT2D eigenvalue weighted by atomic mass is 10.2. The van der Waals surface area contributed by atoms with Gasteiger partial charge in [0.15, 0.2) is 0 Å². The van der Waals surface area contributed by atoms with E-state index < -0.39 is 0 Å². The molecular formula is C13H17N3. The van der Waals surface area contributed by atoms with Gasteiger partial charge < -0.3 is 9.88 Å². The molecule has 16 heavy (non-hydrogen) atoms. The standard InChI is InChI=1S/C13H17N3/c1-2-14-8-9-16-11-15-10-13(16)12-6-4-3-5-7-12/h3-7,10-11,14H,2,8-9H2,1H3. The second kappa shape index (κ2) is 5.47. The van der Waals surface area contributed by atoms with E-state index in [4.69, 9.17) is 0 Å². The highest BCUT2D eigenvalue weighted by atomic mass is 15.1. The maximum absolute atomic E-state index is 4.21. The van der Waals surface area contributed by atoms with E-state index in [9.17, 15) is 0 Å². The van der Waals surface area contributed by atoms with Crippen molar-refractivity contribution in [1.29, 1.82) is 0 Å². The smallest absolute Gasteiger partial charge is 0.0951 e. The molecule has 0 amide bonds. The van der Waals surface area contributed by atoms with Crippen LogP contribution >= 0.6 is 0 Å². The van der Waals surface area contributed by atoms with Crippen molar-refractivity contribution in [1.82, 2.24) is 14.9 Å². The Labute approximate surface area is 96.1 Å². The summed E-state index contributed by atoms with van der Waals surface area (Å²) in [4.78, 5) is 4.21. The summed E-state index contributed by atoms with van der Waals surface area (Å²) in [6.07, 6.45) is 3.81. The first-order valence-corrected chi connectivity index (χ1v) is 5.68. The van der Waals surface area contributed by atoms with Gasteiger partial charge in [-0.25, -0.2) is 4.98 Å². The molecule has 3 heteroatoms. The molecule has 0 bridgehead atoms. The quantitative estimate of drug-likeness (QED) is 0.775. The third-order valence-electron chi connectivity index (χ3n) is 2.56. The lowest BCUT2D eigenvalue weighted by Gasteiger charge is -2.08. The van der Waals surface area contributed by atoms with Crippen LogP contribution in [0.15, 0.2) is 42.9 Å². The molecule has 3 nitrogen and oxygen atoms in total. The lowest BCUT2D eigenvalue weighted by Crippen LogP contribution is -2.19. The van der Waals surface area contributed by atoms with Crippen molar-refractivity contribution in [2.75, 3.05) is 13.1 Å². The van der Waals surface area contributed by atoms with E-state index in [2.05, 4.69) is 46.1 Å². The first kappa shape index (κ1) is 10.9. The first-order valence-electron chi connectivity index (χ1n) is 5.68. The van der Waals surface area contributed by atoms with Crippen LogP contribution in [-0.2, 0) is 6.54 Å². The molecule has 0 atom stereocenters. The van der Waals surface area contributed by atoms with Crippen molar-refractivity contribution in [2.24, 2.45) is 0 Å². The fraction of sp³-hybridized carbons (Fsp3) is 0.308. The second-order valence-electron chi connectivity index (χ2n) is 3.69. The monoisotopic (exact) mass is 215 g/mol. The highest BCUT2D eigenvalue weighted by molar-refractivity contribution is 5.58. The van der Waals surface area contributed by atoms with Gasteiger partial charge in [0, 0.05) is 13.1 Å². The van der Waals surface area contributed by atoms with Gasteiger partial charge in [-0.05, 0) is 12.1 Å². The summed E-state index contributed by atoms with van der Waals surface area (Å²) in [5.41, 5.74) is 2.40. The Morgan fingerprint density at radius 1 is 1.25 bits per heavy atom. The van der Waals surface area contributed by atoms with Gasteiger partial charge in [0.25, 0.3) is 0 Å². The largest absolute Gasteiger partial charge is 0.329 e. The van der Waals surface area contributed by atoms with E-state index >= 15 is 0 Å². The molecule has 2 rings (SSSR count). The van der Waals surface area contributed by atoms with Gasteiger partial charge in [-0.15, -0.1) is 0 Å². The molecule has 0 saturated heterocycles. The minimum absolute atomic E-state index is 0.956. The molecule has 0 saturated carbocycles. The van der Waals surface area contributed by atoms with Gasteiger partial charge in [0.2, 0.25) is 0 Å². The van der Waals surface area contributed by atoms with E-state index in [1.807, 2.05) is 18.6 Å². The fourth-order valence-corrected chi connectivity index (χ4v) is 1.72. The topological polar surface area (TPSA) is 29.9 Å². The SMILES string of the molecule is CCNCCn1cncc1-c1ccccc1. The Hall–Kier alpha value is -1.61. The second-order valence-corrected chi connectivity index (χ2v) is 3.69. The van der Waals surface area contributed by atoms with E-state index in [1.165, 1.54) is 11.3 Å². The number of nitrogens with zero attached hydrogens (tertiary/aromatic N) is 2. The van der Waals surface area contributed by atoms with Crippen molar-refractivity contribution in [3.8, 4) is 11.3 Å². The minimum Gasteiger partial charge on any atom is -0.329 e. The Kier molecular flexibility index (Phi) is 3.72. The summed E-state index contributed by atoms with van der Waals surface area (Å²) in [6, 6.07) is 10.4. The summed E-state index contributed by atoms with van der Waals surface area (Å²) >= 11 is 0. The van der Waals surface area contributed by atoms with Gasteiger partial charge in [0.05, 0.1) is 18.2 Å². The third kappa shape index (κ3) is 2.49. The molecule has 2 aromatic rings. The summed E-state index contributed by atoms with van der Waals surface area (Å²) in [6.45, 7) is 5.06. The molecule has 0 unspecified atom stereocenters. The molecule has 1 aromatic carbocycles. The molecule has 0 aliphatic rings. The van der Waals surface area contributed by atoms with Crippen LogP contribution in [-0.4, -0.2) is 22.6 Å². The molecule has 0 aliphatic carbocycles. The molecule has 0 spiro atoms. The van der Waals surface area contributed by atoms with Crippen LogP contribution in [0.5, 0.6) is 0 Å². The van der Waals surface area contributed by atoms with E-state index in [1.54, 1.807) is 0 Å². The number of imidazole rings is 1. The first-order chi connectivity index (χ1) is 7.92. The van der Waals surface area contributed by atoms with Gasteiger partial charge in [-0.3, -0.25) is 0 Å². The van der Waals surface area contributed by atoms with Crippen molar-refractivity contribution >= 4 is 0 Å². The third-order valence-corrected chi connectivity index (χ3v) is 2.56. The Bertz CT molecular complexity index is 420. The zero-order valence-electron chi connectivity index (χ0n) is 9.56. The normalized spacial score (nSPS) is 10.6. The van der Waals surface area contributed by atoms with Crippen LogP contribution in [0.1, 0.15) is 6.92 Å². The van der Waals surface area contributed by atoms with Crippen LogP contribution < -0.4 is 5.32 Å². The molecule has 1 heterocycles. The summed E-state index contributed by atoms with van der Waals surface area (Å²) in [5.74, 6) is 0. The zero-order chi connectivity index (χ0) is 11.2. The van der Waals surface area contributed by atoms with E-state index in [0.717, 1.165) is 19.6 Å². The van der Waals surface area contributed by atoms with Gasteiger partial charge >= 0.3 is 0 Å². The molecule has 1 aromatic heterocycles. The highest BCUT2D eigenvalue weighted by Gasteiger charge is 2.03. The average molecular weight is 215 g/mol. The minimum atomic E-state index is 0.956. The fourth-order valence-electron chi connectivity index (χ4n) is 1.72. The Balaban J connectivity index is 2.13. The highest BCUT2D eigenvalue weighted by Crippen LogP contribution is 2.17. The molecule has 84 valence electrons. The van der Waals surface area contributed by atoms with Crippen molar-refractivity contribution in [3.63, 3.8) is 0 Å². The molecule has 0 fully saturated rings. The number of hydrogen-bond donors (Lipinski definition) is 1.